The molecule has 0 aromatic heterocycles. The highest BCUT2D eigenvalue weighted by Gasteiger charge is 2.13. The lowest BCUT2D eigenvalue weighted by molar-refractivity contribution is 0.329. The Labute approximate surface area is 94.2 Å². The summed E-state index contributed by atoms with van der Waals surface area (Å²) in [6.07, 6.45) is 2.55. The van der Waals surface area contributed by atoms with E-state index in [-0.39, 0.29) is 0 Å². The molecule has 0 unspecified atom stereocenters. The summed E-state index contributed by atoms with van der Waals surface area (Å²) in [6, 6.07) is 8.37. The molecule has 1 aliphatic rings. The first-order chi connectivity index (χ1) is 7.42. The minimum absolute atomic E-state index is 0.634. The molecule has 0 saturated heterocycles. The van der Waals surface area contributed by atoms with E-state index < -0.39 is 0 Å². The van der Waals surface area contributed by atoms with Gasteiger partial charge in [0.2, 0.25) is 0 Å². The average Bonchev–Trinajstić information content (AvgIpc) is 2.30. The van der Waals surface area contributed by atoms with Crippen molar-refractivity contribution in [2.24, 2.45) is 0 Å². The molecule has 0 atom stereocenters. The Kier molecular flexibility index (Phi) is 3.52. The molecule has 3 heteroatoms. The second-order valence-electron chi connectivity index (χ2n) is 3.45. The van der Waals surface area contributed by atoms with Crippen molar-refractivity contribution < 1.29 is 4.74 Å². The first-order valence-corrected chi connectivity index (χ1v) is 6.15. The zero-order valence-electron chi connectivity index (χ0n) is 8.53. The van der Waals surface area contributed by atoms with Crippen LogP contribution in [0, 0.1) is 11.3 Å². The predicted octanol–water partition coefficient (Wildman–Crippen LogP) is 3.02. The first-order valence-electron chi connectivity index (χ1n) is 5.16. The Morgan fingerprint density at radius 3 is 3.27 bits per heavy atom. The quantitative estimate of drug-likeness (QED) is 0.733. The molecule has 0 N–H and O–H groups in total. The number of hydrogen-bond acceptors (Lipinski definition) is 3. The predicted molar refractivity (Wildman–Crippen MR) is 61.2 cm³/mol. The van der Waals surface area contributed by atoms with Crippen molar-refractivity contribution in [1.29, 1.82) is 5.26 Å². The zero-order valence-corrected chi connectivity index (χ0v) is 9.35. The van der Waals surface area contributed by atoms with Gasteiger partial charge in [0.25, 0.3) is 0 Å². The molecule has 78 valence electrons. The Hall–Kier alpha value is -1.14. The van der Waals surface area contributed by atoms with E-state index in [1.54, 1.807) is 0 Å². The van der Waals surface area contributed by atoms with E-state index in [0.717, 1.165) is 31.0 Å². The fourth-order valence-electron chi connectivity index (χ4n) is 1.69. The number of unbranched alkanes of at least 4 members (excludes halogenated alkanes) is 1. The fourth-order valence-corrected chi connectivity index (χ4v) is 2.68. The largest absolute Gasteiger partial charge is 0.492 e. The van der Waals surface area contributed by atoms with Crippen LogP contribution in [0.15, 0.2) is 23.1 Å². The Bertz CT molecular complexity index is 384. The van der Waals surface area contributed by atoms with Crippen molar-refractivity contribution in [3.8, 4) is 11.8 Å². The number of nitriles is 1. The molecule has 0 fully saturated rings. The lowest BCUT2D eigenvalue weighted by Gasteiger charge is -2.19. The highest BCUT2D eigenvalue weighted by atomic mass is 32.2. The summed E-state index contributed by atoms with van der Waals surface area (Å²) in [7, 11) is 0. The number of ether oxygens (including phenoxy) is 1. The van der Waals surface area contributed by atoms with Crippen LogP contribution in [0.5, 0.6) is 5.75 Å². The van der Waals surface area contributed by atoms with Crippen LogP contribution >= 0.6 is 11.8 Å². The van der Waals surface area contributed by atoms with Gasteiger partial charge < -0.3 is 4.74 Å². The number of nitrogens with zero attached hydrogens (tertiary/aromatic N) is 1. The fraction of sp³-hybridized carbons (Fsp3) is 0.417. The van der Waals surface area contributed by atoms with Crippen LogP contribution in [0.3, 0.4) is 0 Å². The lowest BCUT2D eigenvalue weighted by atomic mass is 10.1. The Balaban J connectivity index is 2.13. The van der Waals surface area contributed by atoms with Gasteiger partial charge in [0, 0.05) is 12.2 Å². The Morgan fingerprint density at radius 1 is 1.47 bits per heavy atom. The standard InChI is InChI=1S/C12H13NOS/c13-7-2-1-4-10-5-3-6-11-12(10)15-9-8-14-11/h3,5-6H,1-2,4,8-9H2. The van der Waals surface area contributed by atoms with Gasteiger partial charge in [-0.05, 0) is 24.5 Å². The van der Waals surface area contributed by atoms with Gasteiger partial charge in [-0.25, -0.2) is 0 Å². The SMILES string of the molecule is N#CCCCc1cccc2c1SCCO2. The second-order valence-corrected chi connectivity index (χ2v) is 4.56. The van der Waals surface area contributed by atoms with Crippen LogP contribution in [0.25, 0.3) is 0 Å². The summed E-state index contributed by atoms with van der Waals surface area (Å²) in [5.41, 5.74) is 1.33. The third-order valence-corrected chi connectivity index (χ3v) is 3.51. The molecule has 15 heavy (non-hydrogen) atoms. The van der Waals surface area contributed by atoms with E-state index >= 15 is 0 Å². The Morgan fingerprint density at radius 2 is 2.40 bits per heavy atom. The van der Waals surface area contributed by atoms with Gasteiger partial charge in [-0.2, -0.15) is 5.26 Å². The van der Waals surface area contributed by atoms with E-state index in [9.17, 15) is 0 Å². The van der Waals surface area contributed by atoms with Crippen molar-refractivity contribution in [2.45, 2.75) is 24.2 Å². The van der Waals surface area contributed by atoms with Gasteiger partial charge in [-0.15, -0.1) is 11.8 Å². The molecule has 0 bridgehead atoms. The maximum absolute atomic E-state index is 8.50. The molecular weight excluding hydrogens is 206 g/mol. The lowest BCUT2D eigenvalue weighted by Crippen LogP contribution is -2.08. The number of aryl methyl sites for hydroxylation is 1. The van der Waals surface area contributed by atoms with Crippen molar-refractivity contribution in [3.63, 3.8) is 0 Å². The van der Waals surface area contributed by atoms with E-state index in [1.165, 1.54) is 10.5 Å². The van der Waals surface area contributed by atoms with Crippen LogP contribution in [-0.4, -0.2) is 12.4 Å². The minimum Gasteiger partial charge on any atom is -0.492 e. The van der Waals surface area contributed by atoms with Gasteiger partial charge in [-0.1, -0.05) is 12.1 Å². The average molecular weight is 219 g/mol. The van der Waals surface area contributed by atoms with Gasteiger partial charge >= 0.3 is 0 Å². The van der Waals surface area contributed by atoms with Crippen molar-refractivity contribution in [1.82, 2.24) is 0 Å². The number of rotatable bonds is 3. The van der Waals surface area contributed by atoms with Crippen LogP contribution in [0.2, 0.25) is 0 Å². The molecule has 2 nitrogen and oxygen atoms in total. The van der Waals surface area contributed by atoms with Crippen molar-refractivity contribution in [2.75, 3.05) is 12.4 Å². The smallest absolute Gasteiger partial charge is 0.133 e. The summed E-state index contributed by atoms with van der Waals surface area (Å²) in [4.78, 5) is 1.28. The minimum atomic E-state index is 0.634. The van der Waals surface area contributed by atoms with Crippen molar-refractivity contribution >= 4 is 11.8 Å². The molecule has 2 rings (SSSR count). The molecule has 1 heterocycles. The van der Waals surface area contributed by atoms with E-state index in [1.807, 2.05) is 23.9 Å². The number of thioether (sulfide) groups is 1. The molecule has 0 aliphatic carbocycles. The summed E-state index contributed by atoms with van der Waals surface area (Å²) in [5, 5.41) is 8.50. The van der Waals surface area contributed by atoms with E-state index in [2.05, 4.69) is 12.1 Å². The molecule has 0 saturated carbocycles. The summed E-state index contributed by atoms with van der Waals surface area (Å²) in [5.74, 6) is 2.04. The second kappa shape index (κ2) is 5.09. The molecule has 1 aromatic carbocycles. The highest BCUT2D eigenvalue weighted by molar-refractivity contribution is 7.99. The monoisotopic (exact) mass is 219 g/mol. The maximum atomic E-state index is 8.50. The number of hydrogen-bond donors (Lipinski definition) is 0. The number of benzene rings is 1. The molecule has 0 amide bonds. The highest BCUT2D eigenvalue weighted by Crippen LogP contribution is 2.36. The number of fused-ring (bicyclic) bond motifs is 1. The third-order valence-electron chi connectivity index (χ3n) is 2.38. The van der Waals surface area contributed by atoms with Gasteiger partial charge in [0.15, 0.2) is 0 Å². The van der Waals surface area contributed by atoms with Gasteiger partial charge in [0.1, 0.15) is 5.75 Å². The molecule has 0 spiro atoms. The summed E-state index contributed by atoms with van der Waals surface area (Å²) >= 11 is 1.87. The van der Waals surface area contributed by atoms with Crippen LogP contribution in [0.4, 0.5) is 0 Å². The van der Waals surface area contributed by atoms with Crippen LogP contribution < -0.4 is 4.74 Å². The molecule has 1 aliphatic heterocycles. The molecular formula is C12H13NOS. The summed E-state index contributed by atoms with van der Waals surface area (Å²) < 4.78 is 5.58. The molecule has 1 aromatic rings. The topological polar surface area (TPSA) is 33.0 Å². The van der Waals surface area contributed by atoms with Crippen LogP contribution in [0.1, 0.15) is 18.4 Å². The van der Waals surface area contributed by atoms with Gasteiger partial charge in [-0.3, -0.25) is 0 Å². The normalized spacial score (nSPS) is 13.8. The molecule has 0 radical (unpaired) electrons. The summed E-state index contributed by atoms with van der Waals surface area (Å²) in [6.45, 7) is 0.805. The maximum Gasteiger partial charge on any atom is 0.133 e. The van der Waals surface area contributed by atoms with E-state index in [4.69, 9.17) is 10.00 Å². The van der Waals surface area contributed by atoms with Crippen molar-refractivity contribution in [3.05, 3.63) is 23.8 Å². The van der Waals surface area contributed by atoms with Crippen LogP contribution in [-0.2, 0) is 6.42 Å². The zero-order chi connectivity index (χ0) is 10.5. The third kappa shape index (κ3) is 2.45. The van der Waals surface area contributed by atoms with E-state index in [0.29, 0.717) is 6.42 Å². The van der Waals surface area contributed by atoms with Gasteiger partial charge in [0.05, 0.1) is 17.6 Å². The first kappa shape index (κ1) is 10.4.